The van der Waals surface area contributed by atoms with E-state index in [0.29, 0.717) is 21.3 Å². The molecular formula is C19H13ClN4O2S2. The number of nitrogens with zero attached hydrogens (tertiary/aromatic N) is 3. The van der Waals surface area contributed by atoms with Crippen LogP contribution in [0.1, 0.15) is 16.2 Å². The monoisotopic (exact) mass is 428 g/mol. The predicted molar refractivity (Wildman–Crippen MR) is 115 cm³/mol. The molecule has 1 fully saturated rings. The van der Waals surface area contributed by atoms with Gasteiger partial charge >= 0.3 is 0 Å². The highest BCUT2D eigenvalue weighted by Crippen LogP contribution is 2.31. The van der Waals surface area contributed by atoms with Crippen LogP contribution in [0, 0.1) is 0 Å². The Morgan fingerprint density at radius 1 is 1.21 bits per heavy atom. The summed E-state index contributed by atoms with van der Waals surface area (Å²) in [7, 11) is 1.88. The van der Waals surface area contributed by atoms with Crippen molar-refractivity contribution in [3.05, 3.63) is 69.8 Å². The number of nitrogens with one attached hydrogen (secondary N) is 1. The number of hydrogen-bond acceptors (Lipinski definition) is 5. The third-order valence-corrected chi connectivity index (χ3v) is 5.75. The largest absolute Gasteiger partial charge is 0.328 e. The van der Waals surface area contributed by atoms with Gasteiger partial charge in [-0.1, -0.05) is 35.5 Å². The molecule has 2 heterocycles. The minimum Gasteiger partial charge on any atom is -0.328 e. The van der Waals surface area contributed by atoms with Crippen LogP contribution in [0.2, 0.25) is 5.02 Å². The molecule has 0 radical (unpaired) electrons. The molecule has 9 heteroatoms. The zero-order valence-corrected chi connectivity index (χ0v) is 16.9. The van der Waals surface area contributed by atoms with Gasteiger partial charge in [0.05, 0.1) is 15.9 Å². The van der Waals surface area contributed by atoms with Crippen molar-refractivity contribution in [2.45, 2.75) is 0 Å². The second kappa shape index (κ2) is 7.38. The number of rotatable bonds is 3. The molecule has 0 bridgehead atoms. The Kier molecular flexibility index (Phi) is 4.92. The van der Waals surface area contributed by atoms with Crippen molar-refractivity contribution in [3.8, 4) is 0 Å². The summed E-state index contributed by atoms with van der Waals surface area (Å²) in [6.07, 6.45) is 1.67. The van der Waals surface area contributed by atoms with E-state index >= 15 is 0 Å². The van der Waals surface area contributed by atoms with E-state index < -0.39 is 11.8 Å². The molecule has 0 spiro atoms. The minimum absolute atomic E-state index is 0.248. The molecule has 1 saturated heterocycles. The van der Waals surface area contributed by atoms with E-state index in [4.69, 9.17) is 23.8 Å². The van der Waals surface area contributed by atoms with E-state index in [-0.39, 0.29) is 4.32 Å². The first-order valence-electron chi connectivity index (χ1n) is 8.20. The lowest BCUT2D eigenvalue weighted by Gasteiger charge is -2.15. The first-order chi connectivity index (χ1) is 13.4. The standard InChI is InChI=1S/C19H13ClN4O2S2/c1-23-14-5-3-2-4-13(14)21-16(23)10-15-18(26)24(19(27)28-15)22-17(25)11-6-8-12(20)9-7-11/h2-10H,1H3,(H,22,25)/b15-10+. The van der Waals surface area contributed by atoms with Gasteiger partial charge in [0.15, 0.2) is 4.32 Å². The number of imidazole rings is 1. The quantitative estimate of drug-likeness (QED) is 0.508. The minimum atomic E-state index is -0.447. The van der Waals surface area contributed by atoms with E-state index in [0.717, 1.165) is 27.8 Å². The van der Waals surface area contributed by atoms with Gasteiger partial charge in [-0.3, -0.25) is 15.0 Å². The molecule has 1 aliphatic rings. The Morgan fingerprint density at radius 2 is 1.93 bits per heavy atom. The van der Waals surface area contributed by atoms with Gasteiger partial charge in [0.25, 0.3) is 11.8 Å². The van der Waals surface area contributed by atoms with Gasteiger partial charge in [-0.25, -0.2) is 4.98 Å². The summed E-state index contributed by atoms with van der Waals surface area (Å²) in [5.41, 5.74) is 4.71. The van der Waals surface area contributed by atoms with Gasteiger partial charge in [-0.05, 0) is 48.6 Å². The smallest absolute Gasteiger partial charge is 0.285 e. The molecular weight excluding hydrogens is 416 g/mol. The lowest BCUT2D eigenvalue weighted by atomic mass is 10.2. The average Bonchev–Trinajstić information content (AvgIpc) is 3.14. The lowest BCUT2D eigenvalue weighted by Crippen LogP contribution is -2.44. The Morgan fingerprint density at radius 3 is 2.64 bits per heavy atom. The fourth-order valence-corrected chi connectivity index (χ4v) is 4.02. The van der Waals surface area contributed by atoms with Crippen molar-refractivity contribution in [1.29, 1.82) is 0 Å². The summed E-state index contributed by atoms with van der Waals surface area (Å²) in [6, 6.07) is 14.1. The first-order valence-corrected chi connectivity index (χ1v) is 9.80. The maximum absolute atomic E-state index is 12.7. The van der Waals surface area contributed by atoms with Crippen molar-refractivity contribution < 1.29 is 9.59 Å². The molecule has 28 heavy (non-hydrogen) atoms. The number of hydrazine groups is 1. The second-order valence-electron chi connectivity index (χ2n) is 5.98. The summed E-state index contributed by atoms with van der Waals surface area (Å²) < 4.78 is 2.14. The van der Waals surface area contributed by atoms with Crippen LogP contribution >= 0.6 is 35.6 Å². The number of thioether (sulfide) groups is 1. The number of aromatic nitrogens is 2. The molecule has 140 valence electrons. The van der Waals surface area contributed by atoms with Gasteiger partial charge in [0.2, 0.25) is 0 Å². The maximum Gasteiger partial charge on any atom is 0.285 e. The van der Waals surface area contributed by atoms with Crippen LogP contribution in [0.3, 0.4) is 0 Å². The summed E-state index contributed by atoms with van der Waals surface area (Å²) >= 11 is 12.2. The highest BCUT2D eigenvalue weighted by atomic mass is 35.5. The van der Waals surface area contributed by atoms with Gasteiger partial charge in [-0.2, -0.15) is 5.01 Å². The van der Waals surface area contributed by atoms with Crippen molar-refractivity contribution in [1.82, 2.24) is 20.0 Å². The SMILES string of the molecule is Cn1c(/C=C2/SC(=S)N(NC(=O)c3ccc(Cl)cc3)C2=O)nc2ccccc21. The molecule has 0 saturated carbocycles. The first kappa shape index (κ1) is 18.7. The zero-order chi connectivity index (χ0) is 19.8. The Bertz CT molecular complexity index is 1150. The van der Waals surface area contributed by atoms with Crippen LogP contribution in [0.5, 0.6) is 0 Å². The highest BCUT2D eigenvalue weighted by molar-refractivity contribution is 8.26. The Labute approximate surface area is 175 Å². The number of amides is 2. The zero-order valence-electron chi connectivity index (χ0n) is 14.5. The predicted octanol–water partition coefficient (Wildman–Crippen LogP) is 3.77. The highest BCUT2D eigenvalue weighted by Gasteiger charge is 2.34. The molecule has 2 aromatic carbocycles. The van der Waals surface area contributed by atoms with Gasteiger partial charge < -0.3 is 4.57 Å². The number of benzene rings is 2. The van der Waals surface area contributed by atoms with Gasteiger partial charge in [-0.15, -0.1) is 0 Å². The average molecular weight is 429 g/mol. The Balaban J connectivity index is 1.58. The topological polar surface area (TPSA) is 67.2 Å². The molecule has 2 amide bonds. The van der Waals surface area contributed by atoms with Crippen LogP contribution in [0.15, 0.2) is 53.4 Å². The summed E-state index contributed by atoms with van der Waals surface area (Å²) in [6.45, 7) is 0. The van der Waals surface area contributed by atoms with Crippen molar-refractivity contribution in [2.24, 2.45) is 7.05 Å². The number of carbonyl (C=O) groups excluding carboxylic acids is 2. The second-order valence-corrected chi connectivity index (χ2v) is 8.09. The number of thiocarbonyl (C=S) groups is 1. The van der Waals surface area contributed by atoms with Crippen LogP contribution in [-0.4, -0.2) is 30.7 Å². The molecule has 1 aliphatic heterocycles. The van der Waals surface area contributed by atoms with Crippen molar-refractivity contribution in [3.63, 3.8) is 0 Å². The number of para-hydroxylation sites is 2. The van der Waals surface area contributed by atoms with E-state index in [1.54, 1.807) is 30.3 Å². The number of aryl methyl sites for hydroxylation is 1. The number of hydrogen-bond donors (Lipinski definition) is 1. The van der Waals surface area contributed by atoms with Gasteiger partial charge in [0, 0.05) is 23.7 Å². The lowest BCUT2D eigenvalue weighted by molar-refractivity contribution is -0.123. The molecule has 0 atom stereocenters. The van der Waals surface area contributed by atoms with Gasteiger partial charge in [0.1, 0.15) is 5.82 Å². The third kappa shape index (κ3) is 3.42. The van der Waals surface area contributed by atoms with Crippen LogP contribution in [0.4, 0.5) is 0 Å². The Hall–Kier alpha value is -2.68. The molecule has 0 unspecified atom stereocenters. The van der Waals surface area contributed by atoms with E-state index in [2.05, 4.69) is 10.4 Å². The summed E-state index contributed by atoms with van der Waals surface area (Å²) in [5, 5.41) is 1.60. The fraction of sp³-hybridized carbons (Fsp3) is 0.0526. The van der Waals surface area contributed by atoms with Crippen molar-refractivity contribution >= 4 is 68.8 Å². The molecule has 6 nitrogen and oxygen atoms in total. The van der Waals surface area contributed by atoms with Crippen LogP contribution in [-0.2, 0) is 11.8 Å². The molecule has 3 aromatic rings. The normalized spacial score (nSPS) is 15.6. The molecule has 0 aliphatic carbocycles. The maximum atomic E-state index is 12.7. The van der Waals surface area contributed by atoms with Crippen LogP contribution < -0.4 is 5.43 Å². The number of carbonyl (C=O) groups is 2. The van der Waals surface area contributed by atoms with E-state index in [1.165, 1.54) is 0 Å². The van der Waals surface area contributed by atoms with E-state index in [1.807, 2.05) is 35.9 Å². The van der Waals surface area contributed by atoms with Crippen LogP contribution in [0.25, 0.3) is 17.1 Å². The third-order valence-electron chi connectivity index (χ3n) is 4.20. The number of halogens is 1. The molecule has 1 N–H and O–H groups in total. The summed E-state index contributed by atoms with van der Waals surface area (Å²) in [5.74, 6) is -0.216. The fourth-order valence-electron chi connectivity index (χ4n) is 2.74. The van der Waals surface area contributed by atoms with Crippen molar-refractivity contribution in [2.75, 3.05) is 0 Å². The molecule has 4 rings (SSSR count). The molecule has 1 aromatic heterocycles. The van der Waals surface area contributed by atoms with E-state index in [9.17, 15) is 9.59 Å². The number of fused-ring (bicyclic) bond motifs is 1. The summed E-state index contributed by atoms with van der Waals surface area (Å²) in [4.78, 5) is 30.1.